The van der Waals surface area contributed by atoms with Crippen LogP contribution in [0.15, 0.2) is 12.2 Å². The van der Waals surface area contributed by atoms with E-state index in [1.165, 1.54) is 18.4 Å². The molecule has 1 heterocycles. The average molecular weight is 154 g/mol. The lowest BCUT2D eigenvalue weighted by Gasteiger charge is -2.38. The molecule has 0 saturated carbocycles. The second kappa shape index (κ2) is 3.37. The summed E-state index contributed by atoms with van der Waals surface area (Å²) in [6.45, 7) is 8.35. The fourth-order valence-electron chi connectivity index (χ4n) is 1.74. The zero-order valence-electron chi connectivity index (χ0n) is 7.54. The Balaban J connectivity index is 2.64. The van der Waals surface area contributed by atoms with Crippen molar-refractivity contribution in [2.24, 2.45) is 0 Å². The summed E-state index contributed by atoms with van der Waals surface area (Å²) in [5.74, 6) is 0. The quantitative estimate of drug-likeness (QED) is 0.578. The highest BCUT2D eigenvalue weighted by Crippen LogP contribution is 2.24. The Morgan fingerprint density at radius 2 is 2.00 bits per heavy atom. The van der Waals surface area contributed by atoms with E-state index in [0.717, 1.165) is 13.1 Å². The minimum Gasteiger partial charge on any atom is -0.317 e. The average Bonchev–Trinajstić information content (AvgIpc) is 2.05. The molecule has 11 heavy (non-hydrogen) atoms. The molecule has 1 aliphatic rings. The van der Waals surface area contributed by atoms with Crippen molar-refractivity contribution in [2.45, 2.75) is 25.3 Å². The van der Waals surface area contributed by atoms with Crippen molar-refractivity contribution in [2.75, 3.05) is 20.1 Å². The molecule has 0 aromatic heterocycles. The van der Waals surface area contributed by atoms with Gasteiger partial charge in [-0.1, -0.05) is 12.2 Å². The Morgan fingerprint density at radius 1 is 1.45 bits per heavy atom. The van der Waals surface area contributed by atoms with E-state index in [9.17, 15) is 0 Å². The normalized spacial score (nSPS) is 23.1. The summed E-state index contributed by atoms with van der Waals surface area (Å²) in [6, 6.07) is 0. The van der Waals surface area contributed by atoms with Crippen molar-refractivity contribution in [1.82, 2.24) is 10.6 Å². The van der Waals surface area contributed by atoms with Crippen molar-refractivity contribution in [3.05, 3.63) is 12.2 Å². The van der Waals surface area contributed by atoms with E-state index >= 15 is 0 Å². The number of nitrogens with one attached hydrogen (secondary N) is 2. The second-order valence-electron chi connectivity index (χ2n) is 3.36. The zero-order valence-corrected chi connectivity index (χ0v) is 7.54. The summed E-state index contributed by atoms with van der Waals surface area (Å²) in [6.07, 6.45) is 2.33. The van der Waals surface area contributed by atoms with E-state index in [1.807, 2.05) is 7.05 Å². The van der Waals surface area contributed by atoms with E-state index in [2.05, 4.69) is 24.1 Å². The molecule has 0 radical (unpaired) electrons. The van der Waals surface area contributed by atoms with Gasteiger partial charge in [0, 0.05) is 5.54 Å². The molecule has 2 heteroatoms. The number of piperidine rings is 1. The van der Waals surface area contributed by atoms with Crippen LogP contribution < -0.4 is 10.6 Å². The Morgan fingerprint density at radius 3 is 2.27 bits per heavy atom. The molecular weight excluding hydrogens is 136 g/mol. The number of rotatable bonds is 2. The van der Waals surface area contributed by atoms with Crippen LogP contribution in [0.25, 0.3) is 0 Å². The van der Waals surface area contributed by atoms with Crippen molar-refractivity contribution in [3.8, 4) is 0 Å². The maximum absolute atomic E-state index is 4.03. The summed E-state index contributed by atoms with van der Waals surface area (Å²) in [5, 5.41) is 6.72. The molecule has 0 aromatic rings. The molecule has 0 atom stereocenters. The van der Waals surface area contributed by atoms with Crippen molar-refractivity contribution in [1.29, 1.82) is 0 Å². The molecule has 0 amide bonds. The third kappa shape index (κ3) is 1.63. The molecule has 1 rings (SSSR count). The van der Waals surface area contributed by atoms with Crippen LogP contribution in [0.4, 0.5) is 0 Å². The summed E-state index contributed by atoms with van der Waals surface area (Å²) in [7, 11) is 2.03. The van der Waals surface area contributed by atoms with Crippen LogP contribution in [0.2, 0.25) is 0 Å². The fourth-order valence-corrected chi connectivity index (χ4v) is 1.74. The van der Waals surface area contributed by atoms with Crippen LogP contribution in [0, 0.1) is 0 Å². The first kappa shape index (κ1) is 8.75. The zero-order chi connectivity index (χ0) is 8.32. The predicted molar refractivity (Wildman–Crippen MR) is 48.7 cm³/mol. The molecule has 0 spiro atoms. The maximum atomic E-state index is 4.03. The van der Waals surface area contributed by atoms with Crippen molar-refractivity contribution >= 4 is 0 Å². The molecule has 64 valence electrons. The minimum atomic E-state index is 0.214. The second-order valence-corrected chi connectivity index (χ2v) is 3.36. The van der Waals surface area contributed by atoms with Crippen molar-refractivity contribution < 1.29 is 0 Å². The van der Waals surface area contributed by atoms with Crippen LogP contribution in [-0.4, -0.2) is 25.7 Å². The first-order valence-electron chi connectivity index (χ1n) is 4.27. The summed E-state index contributed by atoms with van der Waals surface area (Å²) in [4.78, 5) is 0. The van der Waals surface area contributed by atoms with Gasteiger partial charge in [0.15, 0.2) is 0 Å². The summed E-state index contributed by atoms with van der Waals surface area (Å²) in [5.41, 5.74) is 1.48. The third-order valence-corrected chi connectivity index (χ3v) is 2.75. The largest absolute Gasteiger partial charge is 0.317 e. The van der Waals surface area contributed by atoms with E-state index in [0.29, 0.717) is 0 Å². The molecule has 0 bridgehead atoms. The fraction of sp³-hybridized carbons (Fsp3) is 0.778. The standard InChI is InChI=1S/C9H18N2/c1-8(2)9(10-3)4-6-11-7-5-9/h10-11H,1,4-7H2,2-3H3. The van der Waals surface area contributed by atoms with Gasteiger partial charge in [-0.05, 0) is 39.9 Å². The van der Waals surface area contributed by atoms with Crippen LogP contribution in [0.1, 0.15) is 19.8 Å². The van der Waals surface area contributed by atoms with Gasteiger partial charge in [0.1, 0.15) is 0 Å². The molecular formula is C9H18N2. The number of hydrogen-bond donors (Lipinski definition) is 2. The Bertz CT molecular complexity index is 146. The van der Waals surface area contributed by atoms with Gasteiger partial charge in [-0.2, -0.15) is 0 Å². The minimum absolute atomic E-state index is 0.214. The Hall–Kier alpha value is -0.340. The smallest absolute Gasteiger partial charge is 0.0410 e. The molecule has 2 nitrogen and oxygen atoms in total. The third-order valence-electron chi connectivity index (χ3n) is 2.75. The Kier molecular flexibility index (Phi) is 2.68. The van der Waals surface area contributed by atoms with Gasteiger partial charge in [-0.15, -0.1) is 0 Å². The number of likely N-dealkylation sites (N-methyl/N-ethyl adjacent to an activating group) is 1. The monoisotopic (exact) mass is 154 g/mol. The van der Waals surface area contributed by atoms with Crippen molar-refractivity contribution in [3.63, 3.8) is 0 Å². The maximum Gasteiger partial charge on any atom is 0.0410 e. The van der Waals surface area contributed by atoms with Gasteiger partial charge in [-0.3, -0.25) is 0 Å². The lowest BCUT2D eigenvalue weighted by Crippen LogP contribution is -2.51. The number of hydrogen-bond acceptors (Lipinski definition) is 2. The van der Waals surface area contributed by atoms with E-state index in [4.69, 9.17) is 0 Å². The highest BCUT2D eigenvalue weighted by Gasteiger charge is 2.30. The highest BCUT2D eigenvalue weighted by molar-refractivity contribution is 5.15. The molecule has 1 saturated heterocycles. The van der Waals surface area contributed by atoms with Gasteiger partial charge in [-0.25, -0.2) is 0 Å². The molecule has 1 fully saturated rings. The summed E-state index contributed by atoms with van der Waals surface area (Å²) < 4.78 is 0. The molecule has 0 aromatic carbocycles. The van der Waals surface area contributed by atoms with Gasteiger partial charge >= 0.3 is 0 Å². The van der Waals surface area contributed by atoms with Gasteiger partial charge in [0.25, 0.3) is 0 Å². The highest BCUT2D eigenvalue weighted by atomic mass is 15.0. The van der Waals surface area contributed by atoms with E-state index in [1.54, 1.807) is 0 Å². The van der Waals surface area contributed by atoms with Gasteiger partial charge in [0.2, 0.25) is 0 Å². The lowest BCUT2D eigenvalue weighted by molar-refractivity contribution is 0.305. The molecule has 0 unspecified atom stereocenters. The summed E-state index contributed by atoms with van der Waals surface area (Å²) >= 11 is 0. The van der Waals surface area contributed by atoms with Crippen LogP contribution in [0.5, 0.6) is 0 Å². The van der Waals surface area contributed by atoms with Gasteiger partial charge in [0.05, 0.1) is 0 Å². The first-order chi connectivity index (χ1) is 5.21. The first-order valence-corrected chi connectivity index (χ1v) is 4.27. The molecule has 0 aliphatic carbocycles. The Labute approximate surface area is 69.1 Å². The van der Waals surface area contributed by atoms with Crippen LogP contribution >= 0.6 is 0 Å². The van der Waals surface area contributed by atoms with E-state index < -0.39 is 0 Å². The lowest BCUT2D eigenvalue weighted by atomic mass is 9.83. The van der Waals surface area contributed by atoms with E-state index in [-0.39, 0.29) is 5.54 Å². The topological polar surface area (TPSA) is 24.1 Å². The van der Waals surface area contributed by atoms with Crippen LogP contribution in [0.3, 0.4) is 0 Å². The predicted octanol–water partition coefficient (Wildman–Crippen LogP) is 0.904. The molecule has 2 N–H and O–H groups in total. The van der Waals surface area contributed by atoms with Crippen LogP contribution in [-0.2, 0) is 0 Å². The molecule has 1 aliphatic heterocycles. The SMILES string of the molecule is C=C(C)C1(NC)CCNCC1. The van der Waals surface area contributed by atoms with Gasteiger partial charge < -0.3 is 10.6 Å².